The van der Waals surface area contributed by atoms with E-state index in [0.29, 0.717) is 5.52 Å². The van der Waals surface area contributed by atoms with Crippen molar-refractivity contribution in [2.75, 3.05) is 0 Å². The molecule has 1 aromatic heterocycles. The molecule has 0 bridgehead atoms. The highest BCUT2D eigenvalue weighted by atomic mass is 32.1. The molecule has 2 aromatic rings. The van der Waals surface area contributed by atoms with Crippen LogP contribution < -0.4 is 0 Å². The Morgan fingerprint density at radius 1 is 1.27 bits per heavy atom. The van der Waals surface area contributed by atoms with E-state index in [-0.39, 0.29) is 5.75 Å². The first-order chi connectivity index (χ1) is 5.29. The Kier molecular flexibility index (Phi) is 1.29. The van der Waals surface area contributed by atoms with E-state index in [4.69, 9.17) is 0 Å². The van der Waals surface area contributed by atoms with Crippen molar-refractivity contribution in [1.82, 2.24) is 8.75 Å². The van der Waals surface area contributed by atoms with Crippen molar-refractivity contribution in [3.63, 3.8) is 0 Å². The molecule has 1 aromatic carbocycles. The van der Waals surface area contributed by atoms with Crippen LogP contribution in [0.5, 0.6) is 5.75 Å². The molecule has 2 rings (SSSR count). The third-order valence-electron chi connectivity index (χ3n) is 1.60. The number of phenolic OH excluding ortho intramolecular Hbond substituents is 1. The summed E-state index contributed by atoms with van der Waals surface area (Å²) in [6.07, 6.45) is 0. The summed E-state index contributed by atoms with van der Waals surface area (Å²) in [6, 6.07) is 3.47. The van der Waals surface area contributed by atoms with E-state index in [1.54, 1.807) is 6.07 Å². The SMILES string of the molecule is Cc1ccc(O)c2nsnc12. The summed E-state index contributed by atoms with van der Waals surface area (Å²) in [5, 5.41) is 9.29. The maximum atomic E-state index is 9.29. The van der Waals surface area contributed by atoms with Gasteiger partial charge in [0, 0.05) is 0 Å². The average Bonchev–Trinajstić information content (AvgIpc) is 2.45. The lowest BCUT2D eigenvalue weighted by Gasteiger charge is -1.93. The molecule has 0 aliphatic heterocycles. The van der Waals surface area contributed by atoms with Gasteiger partial charge in [0.25, 0.3) is 0 Å². The highest BCUT2D eigenvalue weighted by molar-refractivity contribution is 7.00. The molecule has 56 valence electrons. The van der Waals surface area contributed by atoms with Crippen LogP contribution in [0.15, 0.2) is 12.1 Å². The summed E-state index contributed by atoms with van der Waals surface area (Å²) < 4.78 is 8.01. The number of nitrogens with zero attached hydrogens (tertiary/aromatic N) is 2. The molecule has 0 unspecified atom stereocenters. The zero-order chi connectivity index (χ0) is 7.84. The minimum absolute atomic E-state index is 0.208. The monoisotopic (exact) mass is 166 g/mol. The predicted octanol–water partition coefficient (Wildman–Crippen LogP) is 1.71. The molecule has 0 spiro atoms. The van der Waals surface area contributed by atoms with Gasteiger partial charge in [0.1, 0.15) is 16.8 Å². The van der Waals surface area contributed by atoms with Crippen LogP contribution in [0.4, 0.5) is 0 Å². The highest BCUT2D eigenvalue weighted by Gasteiger charge is 2.05. The lowest BCUT2D eigenvalue weighted by molar-refractivity contribution is 0.480. The van der Waals surface area contributed by atoms with Crippen molar-refractivity contribution in [2.24, 2.45) is 0 Å². The molecule has 0 aliphatic carbocycles. The summed E-state index contributed by atoms with van der Waals surface area (Å²) in [5.74, 6) is 0.208. The van der Waals surface area contributed by atoms with Gasteiger partial charge in [-0.1, -0.05) is 6.07 Å². The molecule has 0 saturated heterocycles. The Morgan fingerprint density at radius 2 is 2.00 bits per heavy atom. The summed E-state index contributed by atoms with van der Waals surface area (Å²) in [4.78, 5) is 0. The van der Waals surface area contributed by atoms with Crippen LogP contribution in [-0.2, 0) is 0 Å². The number of aryl methyl sites for hydroxylation is 1. The van der Waals surface area contributed by atoms with E-state index in [9.17, 15) is 5.11 Å². The van der Waals surface area contributed by atoms with Crippen LogP contribution in [0.1, 0.15) is 5.56 Å². The number of hydrogen-bond acceptors (Lipinski definition) is 4. The predicted molar refractivity (Wildman–Crippen MR) is 43.8 cm³/mol. The van der Waals surface area contributed by atoms with Crippen LogP contribution in [0.25, 0.3) is 11.0 Å². The van der Waals surface area contributed by atoms with Crippen LogP contribution >= 0.6 is 11.7 Å². The van der Waals surface area contributed by atoms with Gasteiger partial charge in [-0.2, -0.15) is 8.75 Å². The van der Waals surface area contributed by atoms with E-state index in [1.165, 1.54) is 0 Å². The largest absolute Gasteiger partial charge is 0.506 e. The number of phenols is 1. The second-order valence-corrected chi connectivity index (χ2v) is 2.89. The Labute approximate surface area is 67.6 Å². The van der Waals surface area contributed by atoms with Gasteiger partial charge >= 0.3 is 0 Å². The van der Waals surface area contributed by atoms with Crippen LogP contribution in [0.2, 0.25) is 0 Å². The van der Waals surface area contributed by atoms with Crippen LogP contribution in [0.3, 0.4) is 0 Å². The molecular weight excluding hydrogens is 160 g/mol. The maximum absolute atomic E-state index is 9.29. The molecule has 4 heteroatoms. The normalized spacial score (nSPS) is 10.6. The molecule has 0 saturated carbocycles. The standard InChI is InChI=1S/C7H6N2OS/c1-4-2-3-5(10)7-6(4)8-11-9-7/h2-3,10H,1H3. The first-order valence-corrected chi connectivity index (χ1v) is 3.93. The van der Waals surface area contributed by atoms with Crippen molar-refractivity contribution >= 4 is 22.8 Å². The van der Waals surface area contributed by atoms with Crippen molar-refractivity contribution < 1.29 is 5.11 Å². The maximum Gasteiger partial charge on any atom is 0.146 e. The molecule has 1 N–H and O–H groups in total. The van der Waals surface area contributed by atoms with E-state index in [2.05, 4.69) is 8.75 Å². The van der Waals surface area contributed by atoms with Crippen LogP contribution in [-0.4, -0.2) is 13.9 Å². The molecule has 11 heavy (non-hydrogen) atoms. The molecular formula is C7H6N2OS. The summed E-state index contributed by atoms with van der Waals surface area (Å²) in [6.45, 7) is 1.95. The smallest absolute Gasteiger partial charge is 0.146 e. The molecule has 0 atom stereocenters. The molecule has 0 aliphatic rings. The van der Waals surface area contributed by atoms with Gasteiger partial charge in [-0.3, -0.25) is 0 Å². The number of rotatable bonds is 0. The first-order valence-electron chi connectivity index (χ1n) is 3.20. The molecule has 1 heterocycles. The van der Waals surface area contributed by atoms with Crippen molar-refractivity contribution in [3.8, 4) is 5.75 Å². The Balaban J connectivity index is 2.96. The zero-order valence-electron chi connectivity index (χ0n) is 5.90. The number of benzene rings is 1. The second-order valence-electron chi connectivity index (χ2n) is 2.36. The van der Waals surface area contributed by atoms with Gasteiger partial charge in [0.2, 0.25) is 0 Å². The van der Waals surface area contributed by atoms with Gasteiger partial charge in [-0.15, -0.1) is 0 Å². The van der Waals surface area contributed by atoms with Gasteiger partial charge in [0.05, 0.1) is 11.7 Å². The van der Waals surface area contributed by atoms with Gasteiger partial charge in [0.15, 0.2) is 0 Å². The first kappa shape index (κ1) is 6.54. The summed E-state index contributed by atoms with van der Waals surface area (Å²) >= 11 is 1.12. The zero-order valence-corrected chi connectivity index (χ0v) is 6.72. The minimum atomic E-state index is 0.208. The Hall–Kier alpha value is -1.16. The van der Waals surface area contributed by atoms with Crippen molar-refractivity contribution in [1.29, 1.82) is 0 Å². The fourth-order valence-electron chi connectivity index (χ4n) is 0.977. The third kappa shape index (κ3) is 0.867. The van der Waals surface area contributed by atoms with Gasteiger partial charge < -0.3 is 5.11 Å². The lowest BCUT2D eigenvalue weighted by Crippen LogP contribution is -1.76. The van der Waals surface area contributed by atoms with Gasteiger partial charge in [-0.25, -0.2) is 0 Å². The number of hydrogen-bond donors (Lipinski definition) is 1. The Bertz CT molecular complexity index is 360. The molecule has 0 amide bonds. The van der Waals surface area contributed by atoms with Crippen molar-refractivity contribution in [3.05, 3.63) is 17.7 Å². The topological polar surface area (TPSA) is 46.0 Å². The average molecular weight is 166 g/mol. The van der Waals surface area contributed by atoms with E-state index in [0.717, 1.165) is 22.8 Å². The molecule has 0 fully saturated rings. The van der Waals surface area contributed by atoms with Crippen molar-refractivity contribution in [2.45, 2.75) is 6.92 Å². The highest BCUT2D eigenvalue weighted by Crippen LogP contribution is 2.24. The minimum Gasteiger partial charge on any atom is -0.506 e. The quantitative estimate of drug-likeness (QED) is 0.648. The lowest BCUT2D eigenvalue weighted by atomic mass is 10.2. The van der Waals surface area contributed by atoms with E-state index in [1.807, 2.05) is 13.0 Å². The number of aromatic nitrogens is 2. The fraction of sp³-hybridized carbons (Fsp3) is 0.143. The Morgan fingerprint density at radius 3 is 2.73 bits per heavy atom. The van der Waals surface area contributed by atoms with E-state index >= 15 is 0 Å². The van der Waals surface area contributed by atoms with Gasteiger partial charge in [-0.05, 0) is 18.6 Å². The summed E-state index contributed by atoms with van der Waals surface area (Å²) in [7, 11) is 0. The molecule has 3 nitrogen and oxygen atoms in total. The third-order valence-corrected chi connectivity index (χ3v) is 2.12. The second kappa shape index (κ2) is 2.17. The summed E-state index contributed by atoms with van der Waals surface area (Å²) in [5.41, 5.74) is 2.46. The van der Waals surface area contributed by atoms with Crippen LogP contribution in [0, 0.1) is 6.92 Å². The molecule has 0 radical (unpaired) electrons. The number of aromatic hydroxyl groups is 1. The fourth-order valence-corrected chi connectivity index (χ4v) is 1.59. The van der Waals surface area contributed by atoms with E-state index < -0.39 is 0 Å². The number of fused-ring (bicyclic) bond motifs is 1.